The largest absolute Gasteiger partial charge is 0.322 e. The highest BCUT2D eigenvalue weighted by atomic mass is 15.2. The minimum Gasteiger partial charge on any atom is -0.322 e. The predicted molar refractivity (Wildman–Crippen MR) is 77.6 cm³/mol. The Hall–Kier alpha value is -0.280. The van der Waals surface area contributed by atoms with E-state index in [1.165, 1.54) is 0 Å². The van der Waals surface area contributed by atoms with Crippen molar-refractivity contribution < 1.29 is 0 Å². The average Bonchev–Trinajstić information content (AvgIpc) is 2.35. The third kappa shape index (κ3) is 4.96. The molecule has 3 aliphatic heterocycles. The second kappa shape index (κ2) is 6.94. The lowest BCUT2D eigenvalue weighted by atomic mass is 9.90. The van der Waals surface area contributed by atoms with Crippen molar-refractivity contribution in [3.8, 4) is 0 Å². The Labute approximate surface area is 115 Å². The molecule has 0 spiro atoms. The molecule has 7 nitrogen and oxygen atoms in total. The van der Waals surface area contributed by atoms with E-state index >= 15 is 0 Å². The Bertz CT molecular complexity index is 208. The lowest BCUT2D eigenvalue weighted by molar-refractivity contribution is 0.240. The summed E-state index contributed by atoms with van der Waals surface area (Å²) in [5.74, 6) is 0. The number of hydrogen-bond acceptors (Lipinski definition) is 7. The van der Waals surface area contributed by atoms with Crippen molar-refractivity contribution in [2.24, 2.45) is 11.1 Å². The Kier molecular flexibility index (Phi) is 5.52. The van der Waals surface area contributed by atoms with Crippen LogP contribution in [0, 0.1) is 5.41 Å². The van der Waals surface area contributed by atoms with Crippen molar-refractivity contribution in [3.05, 3.63) is 0 Å². The van der Waals surface area contributed by atoms with Gasteiger partial charge in [-0.2, -0.15) is 0 Å². The van der Waals surface area contributed by atoms with E-state index in [2.05, 4.69) is 38.8 Å². The van der Waals surface area contributed by atoms with Crippen LogP contribution >= 0.6 is 0 Å². The minimum atomic E-state index is -0.271. The first-order valence-electron chi connectivity index (χ1n) is 7.15. The molecule has 0 atom stereocenters. The van der Waals surface area contributed by atoms with E-state index < -0.39 is 0 Å². The Morgan fingerprint density at radius 2 is 0.947 bits per heavy atom. The molecule has 3 rings (SSSR count). The Balaban J connectivity index is 2.05. The van der Waals surface area contributed by atoms with Crippen LogP contribution in [0.4, 0.5) is 0 Å². The van der Waals surface area contributed by atoms with Crippen LogP contribution < -0.4 is 37.6 Å². The molecule has 3 heterocycles. The average molecular weight is 271 g/mol. The van der Waals surface area contributed by atoms with Gasteiger partial charge < -0.3 is 37.6 Å². The van der Waals surface area contributed by atoms with Gasteiger partial charge in [-0.3, -0.25) is 0 Å². The fraction of sp³-hybridized carbons (Fsp3) is 1.00. The number of nitrogens with two attached hydrogens (primary N) is 1. The van der Waals surface area contributed by atoms with Gasteiger partial charge in [-0.25, -0.2) is 0 Å². The maximum absolute atomic E-state index is 6.45. The van der Waals surface area contributed by atoms with E-state index in [1.54, 1.807) is 0 Å². The highest BCUT2D eigenvalue weighted by Gasteiger charge is 2.27. The van der Waals surface area contributed by atoms with E-state index in [0.717, 1.165) is 59.3 Å². The monoisotopic (exact) mass is 271 g/mol. The first-order chi connectivity index (χ1) is 9.12. The van der Waals surface area contributed by atoms with E-state index in [0.29, 0.717) is 0 Å². The van der Waals surface area contributed by atoms with Crippen LogP contribution in [-0.2, 0) is 0 Å². The molecule has 3 saturated heterocycles. The molecular formula is C12H29N7. The molecular weight excluding hydrogens is 242 g/mol. The quantitative estimate of drug-likeness (QED) is 0.254. The van der Waals surface area contributed by atoms with Gasteiger partial charge in [-0.05, 0) is 0 Å². The fourth-order valence-corrected chi connectivity index (χ4v) is 2.67. The van der Waals surface area contributed by atoms with Gasteiger partial charge in [0, 0.05) is 64.7 Å². The van der Waals surface area contributed by atoms with Crippen LogP contribution in [0.3, 0.4) is 0 Å². The van der Waals surface area contributed by atoms with Crippen molar-refractivity contribution in [3.63, 3.8) is 0 Å². The third-order valence-electron chi connectivity index (χ3n) is 3.84. The fourth-order valence-electron chi connectivity index (χ4n) is 2.67. The normalized spacial score (nSPS) is 39.5. The molecule has 0 aromatic rings. The summed E-state index contributed by atoms with van der Waals surface area (Å²) < 4.78 is 0. The van der Waals surface area contributed by atoms with Gasteiger partial charge in [0.2, 0.25) is 0 Å². The molecule has 7 heteroatoms. The van der Waals surface area contributed by atoms with E-state index in [4.69, 9.17) is 5.73 Å². The second-order valence-corrected chi connectivity index (χ2v) is 6.26. The first kappa shape index (κ1) is 15.1. The minimum absolute atomic E-state index is 0.198. The van der Waals surface area contributed by atoms with Gasteiger partial charge in [0.05, 0.1) is 5.54 Å². The number of hydrogen-bond donors (Lipinski definition) is 7. The van der Waals surface area contributed by atoms with Crippen molar-refractivity contribution in [2.45, 2.75) is 12.5 Å². The molecule has 2 bridgehead atoms. The highest BCUT2D eigenvalue weighted by molar-refractivity contribution is 4.92. The Morgan fingerprint density at radius 1 is 0.632 bits per heavy atom. The van der Waals surface area contributed by atoms with Crippen LogP contribution in [0.15, 0.2) is 0 Å². The van der Waals surface area contributed by atoms with Gasteiger partial charge in [0.25, 0.3) is 0 Å². The lowest BCUT2D eigenvalue weighted by Gasteiger charge is -2.36. The van der Waals surface area contributed by atoms with E-state index in [-0.39, 0.29) is 11.0 Å². The zero-order valence-corrected chi connectivity index (χ0v) is 11.9. The van der Waals surface area contributed by atoms with Crippen LogP contribution in [0.1, 0.15) is 6.92 Å². The van der Waals surface area contributed by atoms with Crippen LogP contribution in [0.5, 0.6) is 0 Å². The van der Waals surface area contributed by atoms with Crippen LogP contribution in [-0.4, -0.2) is 64.8 Å². The first-order valence-corrected chi connectivity index (χ1v) is 7.15. The standard InChI is InChI=1S/C12H29N7/c1-11-2-14-8-17-5-12(13,6-18-9-15-3-11)7-19-10-16-4-11/h14-19H,2-10,13H2,1H3. The summed E-state index contributed by atoms with van der Waals surface area (Å²) in [6.45, 7) is 9.97. The number of fused-ring (bicyclic) bond motifs is 12. The van der Waals surface area contributed by atoms with E-state index in [1.807, 2.05) is 0 Å². The summed E-state index contributed by atoms with van der Waals surface area (Å²) in [4.78, 5) is 0. The maximum atomic E-state index is 6.45. The number of rotatable bonds is 0. The second-order valence-electron chi connectivity index (χ2n) is 6.26. The molecule has 0 aromatic heterocycles. The molecule has 3 aliphatic rings. The van der Waals surface area contributed by atoms with Gasteiger partial charge in [0.15, 0.2) is 0 Å². The maximum Gasteiger partial charge on any atom is 0.0534 e. The van der Waals surface area contributed by atoms with Gasteiger partial charge >= 0.3 is 0 Å². The number of nitrogens with one attached hydrogen (secondary N) is 6. The van der Waals surface area contributed by atoms with Crippen molar-refractivity contribution >= 4 is 0 Å². The molecule has 0 aromatic carbocycles. The topological polar surface area (TPSA) is 98.2 Å². The predicted octanol–water partition coefficient (Wildman–Crippen LogP) is -2.87. The van der Waals surface area contributed by atoms with Gasteiger partial charge in [-0.1, -0.05) is 6.92 Å². The van der Waals surface area contributed by atoms with Crippen molar-refractivity contribution in [1.82, 2.24) is 31.9 Å². The van der Waals surface area contributed by atoms with Gasteiger partial charge in [-0.15, -0.1) is 0 Å². The molecule has 112 valence electrons. The Morgan fingerprint density at radius 3 is 1.32 bits per heavy atom. The summed E-state index contributed by atoms with van der Waals surface area (Å²) in [6, 6.07) is 0. The lowest BCUT2D eigenvalue weighted by Crippen LogP contribution is -2.64. The summed E-state index contributed by atoms with van der Waals surface area (Å²) in [5, 5.41) is 20.7. The van der Waals surface area contributed by atoms with Gasteiger partial charge in [0.1, 0.15) is 0 Å². The van der Waals surface area contributed by atoms with Crippen molar-refractivity contribution in [1.29, 1.82) is 0 Å². The molecule has 8 N–H and O–H groups in total. The van der Waals surface area contributed by atoms with Crippen LogP contribution in [0.25, 0.3) is 0 Å². The zero-order chi connectivity index (χ0) is 13.6. The zero-order valence-electron chi connectivity index (χ0n) is 11.9. The summed E-state index contributed by atoms with van der Waals surface area (Å²) in [5.41, 5.74) is 6.37. The molecule has 0 saturated carbocycles. The molecule has 19 heavy (non-hydrogen) atoms. The highest BCUT2D eigenvalue weighted by Crippen LogP contribution is 2.12. The van der Waals surface area contributed by atoms with Crippen LogP contribution in [0.2, 0.25) is 0 Å². The summed E-state index contributed by atoms with van der Waals surface area (Å²) in [6.07, 6.45) is 0. The molecule has 0 amide bonds. The summed E-state index contributed by atoms with van der Waals surface area (Å²) in [7, 11) is 0. The molecule has 3 fully saturated rings. The van der Waals surface area contributed by atoms with Crippen molar-refractivity contribution in [2.75, 3.05) is 59.3 Å². The molecule has 0 aliphatic carbocycles. The molecule has 0 unspecified atom stereocenters. The smallest absolute Gasteiger partial charge is 0.0534 e. The van der Waals surface area contributed by atoms with E-state index in [9.17, 15) is 0 Å². The SMILES string of the molecule is CC12CNCNCC(N)(CNCNC1)CNCNC2. The molecule has 0 radical (unpaired) electrons. The summed E-state index contributed by atoms with van der Waals surface area (Å²) >= 11 is 0. The third-order valence-corrected chi connectivity index (χ3v) is 3.84.